The second-order valence-corrected chi connectivity index (χ2v) is 4.47. The summed E-state index contributed by atoms with van der Waals surface area (Å²) in [6, 6.07) is 4.36. The van der Waals surface area contributed by atoms with Gasteiger partial charge >= 0.3 is 0 Å². The maximum absolute atomic E-state index is 13.5. The summed E-state index contributed by atoms with van der Waals surface area (Å²) >= 11 is 0. The predicted molar refractivity (Wildman–Crippen MR) is 77.4 cm³/mol. The van der Waals surface area contributed by atoms with Crippen LogP contribution in [-0.4, -0.2) is 27.9 Å². The van der Waals surface area contributed by atoms with E-state index in [1.807, 2.05) is 17.7 Å². The first-order chi connectivity index (χ1) is 10.2. The number of imidazole rings is 1. The first-order valence-electron chi connectivity index (χ1n) is 6.70. The van der Waals surface area contributed by atoms with Crippen LogP contribution in [0, 0.1) is 24.6 Å². The molecular formula is C16H17FN2O2. The van der Waals surface area contributed by atoms with Crippen LogP contribution in [0.2, 0.25) is 0 Å². The molecule has 4 nitrogen and oxygen atoms in total. The van der Waals surface area contributed by atoms with Crippen LogP contribution in [0.1, 0.15) is 17.8 Å². The molecule has 0 bridgehead atoms. The van der Waals surface area contributed by atoms with Gasteiger partial charge in [-0.15, -0.1) is 0 Å². The largest absolute Gasteiger partial charge is 0.492 e. The summed E-state index contributed by atoms with van der Waals surface area (Å²) in [6.07, 6.45) is 3.97. The highest BCUT2D eigenvalue weighted by molar-refractivity contribution is 5.40. The normalized spacial score (nSPS) is 10.0. The van der Waals surface area contributed by atoms with Gasteiger partial charge in [0.2, 0.25) is 0 Å². The molecule has 0 aliphatic heterocycles. The fraction of sp³-hybridized carbons (Fsp3) is 0.312. The van der Waals surface area contributed by atoms with Gasteiger partial charge in [0, 0.05) is 30.4 Å². The minimum atomic E-state index is -0.389. The second-order valence-electron chi connectivity index (χ2n) is 4.47. The number of halogens is 1. The van der Waals surface area contributed by atoms with Crippen molar-refractivity contribution in [3.05, 3.63) is 47.8 Å². The van der Waals surface area contributed by atoms with Crippen molar-refractivity contribution < 1.29 is 14.2 Å². The van der Waals surface area contributed by atoms with Crippen LogP contribution < -0.4 is 4.74 Å². The molecule has 0 saturated heterocycles. The molecule has 21 heavy (non-hydrogen) atoms. The van der Waals surface area contributed by atoms with Gasteiger partial charge in [0.1, 0.15) is 24.0 Å². The summed E-state index contributed by atoms with van der Waals surface area (Å²) in [6.45, 7) is 2.98. The fourth-order valence-electron chi connectivity index (χ4n) is 1.84. The maximum Gasteiger partial charge on any atom is 0.128 e. The average molecular weight is 288 g/mol. The van der Waals surface area contributed by atoms with Crippen molar-refractivity contribution >= 4 is 0 Å². The third-order valence-corrected chi connectivity index (χ3v) is 2.87. The van der Waals surface area contributed by atoms with E-state index in [2.05, 4.69) is 16.8 Å². The summed E-state index contributed by atoms with van der Waals surface area (Å²) in [5, 5.41) is 8.67. The van der Waals surface area contributed by atoms with E-state index < -0.39 is 0 Å². The molecule has 0 saturated carbocycles. The van der Waals surface area contributed by atoms with Crippen LogP contribution >= 0.6 is 0 Å². The van der Waals surface area contributed by atoms with Crippen LogP contribution in [0.3, 0.4) is 0 Å². The summed E-state index contributed by atoms with van der Waals surface area (Å²) in [5.41, 5.74) is 0.539. The van der Waals surface area contributed by atoms with Crippen LogP contribution in [0.25, 0.3) is 0 Å². The summed E-state index contributed by atoms with van der Waals surface area (Å²) in [7, 11) is 0. The Morgan fingerprint density at radius 1 is 1.38 bits per heavy atom. The SMILES string of the molecule is Cc1nccn1CCOc1cc(F)cc(C#CCCO)c1. The monoisotopic (exact) mass is 288 g/mol. The van der Waals surface area contributed by atoms with Crippen molar-refractivity contribution in [3.8, 4) is 17.6 Å². The summed E-state index contributed by atoms with van der Waals surface area (Å²) in [5.74, 6) is 6.52. The Labute approximate surface area is 123 Å². The lowest BCUT2D eigenvalue weighted by molar-refractivity contribution is 0.295. The Morgan fingerprint density at radius 3 is 2.95 bits per heavy atom. The molecule has 0 radical (unpaired) electrons. The van der Waals surface area contributed by atoms with Gasteiger partial charge in [0.15, 0.2) is 0 Å². The Hall–Kier alpha value is -2.32. The number of aromatic nitrogens is 2. The number of aliphatic hydroxyl groups excluding tert-OH is 1. The van der Waals surface area contributed by atoms with Gasteiger partial charge in [0.25, 0.3) is 0 Å². The van der Waals surface area contributed by atoms with Crippen LogP contribution in [-0.2, 0) is 6.54 Å². The molecule has 2 aromatic rings. The topological polar surface area (TPSA) is 47.3 Å². The first-order valence-corrected chi connectivity index (χ1v) is 6.70. The van der Waals surface area contributed by atoms with E-state index in [0.717, 1.165) is 5.82 Å². The minimum Gasteiger partial charge on any atom is -0.492 e. The zero-order chi connectivity index (χ0) is 15.1. The number of benzene rings is 1. The Balaban J connectivity index is 1.97. The zero-order valence-corrected chi connectivity index (χ0v) is 11.8. The van der Waals surface area contributed by atoms with Gasteiger partial charge in [-0.2, -0.15) is 0 Å². The molecule has 5 heteroatoms. The van der Waals surface area contributed by atoms with Gasteiger partial charge < -0.3 is 14.4 Å². The quantitative estimate of drug-likeness (QED) is 0.858. The summed E-state index contributed by atoms with van der Waals surface area (Å²) in [4.78, 5) is 4.12. The molecule has 0 spiro atoms. The lowest BCUT2D eigenvalue weighted by atomic mass is 10.2. The van der Waals surface area contributed by atoms with Crippen LogP contribution in [0.15, 0.2) is 30.6 Å². The Bertz CT molecular complexity index is 656. The molecule has 0 atom stereocenters. The van der Waals surface area contributed by atoms with Crippen molar-refractivity contribution in [2.45, 2.75) is 19.9 Å². The van der Waals surface area contributed by atoms with Gasteiger partial charge in [-0.25, -0.2) is 9.37 Å². The molecule has 1 heterocycles. The number of nitrogens with zero attached hydrogens (tertiary/aromatic N) is 2. The van der Waals surface area contributed by atoms with Crippen LogP contribution in [0.5, 0.6) is 5.75 Å². The number of aryl methyl sites for hydroxylation is 1. The number of aliphatic hydroxyl groups is 1. The van der Waals surface area contributed by atoms with Crippen molar-refractivity contribution in [2.24, 2.45) is 0 Å². The highest BCUT2D eigenvalue weighted by Gasteiger charge is 2.02. The second kappa shape index (κ2) is 7.46. The van der Waals surface area contributed by atoms with Crippen molar-refractivity contribution in [1.82, 2.24) is 9.55 Å². The van der Waals surface area contributed by atoms with Gasteiger partial charge in [0.05, 0.1) is 13.2 Å². The number of hydrogen-bond donors (Lipinski definition) is 1. The number of ether oxygens (including phenoxy) is 1. The summed E-state index contributed by atoms with van der Waals surface area (Å²) < 4.78 is 21.0. The maximum atomic E-state index is 13.5. The van der Waals surface area contributed by atoms with E-state index in [-0.39, 0.29) is 12.4 Å². The van der Waals surface area contributed by atoms with E-state index in [9.17, 15) is 4.39 Å². The highest BCUT2D eigenvalue weighted by Crippen LogP contribution is 2.16. The zero-order valence-electron chi connectivity index (χ0n) is 11.8. The number of hydrogen-bond acceptors (Lipinski definition) is 3. The van der Waals surface area contributed by atoms with Crippen molar-refractivity contribution in [2.75, 3.05) is 13.2 Å². The Morgan fingerprint density at radius 2 is 2.24 bits per heavy atom. The van der Waals surface area contributed by atoms with Crippen LogP contribution in [0.4, 0.5) is 4.39 Å². The number of rotatable bonds is 5. The van der Waals surface area contributed by atoms with E-state index in [1.165, 1.54) is 12.1 Å². The molecule has 110 valence electrons. The minimum absolute atomic E-state index is 0.00404. The molecule has 0 fully saturated rings. The first kappa shape index (κ1) is 15.1. The highest BCUT2D eigenvalue weighted by atomic mass is 19.1. The van der Waals surface area contributed by atoms with E-state index in [1.54, 1.807) is 12.3 Å². The molecule has 2 rings (SSSR count). The van der Waals surface area contributed by atoms with E-state index >= 15 is 0 Å². The van der Waals surface area contributed by atoms with Gasteiger partial charge in [-0.05, 0) is 19.1 Å². The Kier molecular flexibility index (Phi) is 5.35. The van der Waals surface area contributed by atoms with Crippen molar-refractivity contribution in [3.63, 3.8) is 0 Å². The lowest BCUT2D eigenvalue weighted by Crippen LogP contribution is -2.09. The predicted octanol–water partition coefficient (Wildman–Crippen LogP) is 2.14. The molecule has 1 aromatic carbocycles. The van der Waals surface area contributed by atoms with E-state index in [0.29, 0.717) is 30.9 Å². The average Bonchev–Trinajstić information content (AvgIpc) is 2.84. The molecular weight excluding hydrogens is 271 g/mol. The molecule has 1 N–H and O–H groups in total. The van der Waals surface area contributed by atoms with Gasteiger partial charge in [-0.3, -0.25) is 0 Å². The molecule has 0 aliphatic carbocycles. The fourth-order valence-corrected chi connectivity index (χ4v) is 1.84. The lowest BCUT2D eigenvalue weighted by Gasteiger charge is -2.08. The third kappa shape index (κ3) is 4.62. The molecule has 0 amide bonds. The van der Waals surface area contributed by atoms with E-state index in [4.69, 9.17) is 9.84 Å². The third-order valence-electron chi connectivity index (χ3n) is 2.87. The molecule has 0 aliphatic rings. The molecule has 1 aromatic heterocycles. The van der Waals surface area contributed by atoms with Crippen molar-refractivity contribution in [1.29, 1.82) is 0 Å². The smallest absolute Gasteiger partial charge is 0.128 e. The molecule has 0 unspecified atom stereocenters. The standard InChI is InChI=1S/C16H17FN2O2/c1-13-18-5-6-19(13)7-9-21-16-11-14(4-2-3-8-20)10-15(17)12-16/h5-6,10-12,20H,3,7-9H2,1H3. The van der Waals surface area contributed by atoms with Gasteiger partial charge in [-0.1, -0.05) is 11.8 Å².